The van der Waals surface area contributed by atoms with E-state index in [-0.39, 0.29) is 18.2 Å². The van der Waals surface area contributed by atoms with Gasteiger partial charge in [-0.25, -0.2) is 0 Å². The van der Waals surface area contributed by atoms with E-state index in [9.17, 15) is 9.59 Å². The molecule has 2 N–H and O–H groups in total. The van der Waals surface area contributed by atoms with Crippen molar-refractivity contribution in [1.29, 1.82) is 0 Å². The van der Waals surface area contributed by atoms with Gasteiger partial charge in [-0.2, -0.15) is 0 Å². The minimum atomic E-state index is -0.426. The van der Waals surface area contributed by atoms with Gasteiger partial charge in [0, 0.05) is 13.1 Å². The quantitative estimate of drug-likeness (QED) is 0.705. The number of aliphatic hydroxyl groups excluding tert-OH is 1. The van der Waals surface area contributed by atoms with Crippen LogP contribution in [-0.2, 0) is 4.79 Å². The molecule has 2 heterocycles. The van der Waals surface area contributed by atoms with E-state index in [0.717, 1.165) is 0 Å². The third kappa shape index (κ3) is 2.22. The summed E-state index contributed by atoms with van der Waals surface area (Å²) in [5.41, 5.74) is 0. The molecule has 1 aliphatic heterocycles. The van der Waals surface area contributed by atoms with Crippen molar-refractivity contribution in [3.63, 3.8) is 0 Å². The minimum Gasteiger partial charge on any atom is -0.459 e. The average Bonchev–Trinajstić information content (AvgIpc) is 2.74. The lowest BCUT2D eigenvalue weighted by Crippen LogP contribution is -2.55. The highest BCUT2D eigenvalue weighted by molar-refractivity contribution is 5.94. The zero-order valence-electron chi connectivity index (χ0n) is 8.55. The summed E-state index contributed by atoms with van der Waals surface area (Å²) in [5.74, 6) is -0.443. The van der Waals surface area contributed by atoms with Gasteiger partial charge in [0.1, 0.15) is 0 Å². The lowest BCUT2D eigenvalue weighted by Gasteiger charge is -2.35. The van der Waals surface area contributed by atoms with Crippen LogP contribution in [0.1, 0.15) is 10.6 Å². The number of β-amino-alcohol motifs (C(OH)–C–C–N with tert-alkyl or cyclic N) is 1. The molecule has 16 heavy (non-hydrogen) atoms. The first-order valence-electron chi connectivity index (χ1n) is 4.94. The Kier molecular flexibility index (Phi) is 2.91. The van der Waals surface area contributed by atoms with Gasteiger partial charge in [0.25, 0.3) is 5.91 Å². The van der Waals surface area contributed by atoms with E-state index < -0.39 is 12.0 Å². The summed E-state index contributed by atoms with van der Waals surface area (Å²) in [5, 5.41) is 11.4. The van der Waals surface area contributed by atoms with E-state index in [4.69, 9.17) is 9.52 Å². The number of carbonyl (C=O) groups is 2. The highest BCUT2D eigenvalue weighted by atomic mass is 16.3. The number of hydrogen-bond donors (Lipinski definition) is 2. The van der Waals surface area contributed by atoms with Gasteiger partial charge in [-0.3, -0.25) is 9.59 Å². The minimum absolute atomic E-state index is 0.0771. The van der Waals surface area contributed by atoms with Crippen LogP contribution in [0.25, 0.3) is 0 Å². The number of furan rings is 1. The molecular weight excluding hydrogens is 212 g/mol. The molecule has 1 aliphatic rings. The molecule has 0 aliphatic carbocycles. The molecular formula is C10H12N2O4. The molecule has 0 aromatic carbocycles. The normalized spacial score (nSPS) is 15.7. The predicted octanol–water partition coefficient (Wildman–Crippen LogP) is -0.787. The number of aliphatic hydroxyl groups is 1. The van der Waals surface area contributed by atoms with E-state index >= 15 is 0 Å². The van der Waals surface area contributed by atoms with Crippen LogP contribution < -0.4 is 5.32 Å². The number of carbonyl (C=O) groups excluding carboxylic acids is 2. The first kappa shape index (κ1) is 10.7. The molecule has 1 aromatic heterocycles. The Labute approximate surface area is 91.8 Å². The van der Waals surface area contributed by atoms with Crippen LogP contribution in [-0.4, -0.2) is 47.6 Å². The standard InChI is InChI=1S/C10H12N2O4/c13-7-5-12(6-7)9(14)4-11-10(15)8-2-1-3-16-8/h1-3,7,13H,4-6H2,(H,11,15). The van der Waals surface area contributed by atoms with Crippen molar-refractivity contribution in [2.75, 3.05) is 19.6 Å². The molecule has 6 heteroatoms. The van der Waals surface area contributed by atoms with Crippen LogP contribution in [0.3, 0.4) is 0 Å². The fourth-order valence-corrected chi connectivity index (χ4v) is 1.42. The Balaban J connectivity index is 1.75. The number of nitrogens with one attached hydrogen (secondary N) is 1. The van der Waals surface area contributed by atoms with E-state index in [0.29, 0.717) is 13.1 Å². The second-order valence-electron chi connectivity index (χ2n) is 3.61. The maximum absolute atomic E-state index is 11.4. The van der Waals surface area contributed by atoms with Gasteiger partial charge in [0.2, 0.25) is 5.91 Å². The maximum Gasteiger partial charge on any atom is 0.287 e. The van der Waals surface area contributed by atoms with Crippen molar-refractivity contribution in [2.24, 2.45) is 0 Å². The first-order valence-corrected chi connectivity index (χ1v) is 4.94. The monoisotopic (exact) mass is 224 g/mol. The lowest BCUT2D eigenvalue weighted by molar-refractivity contribution is -0.140. The van der Waals surface area contributed by atoms with Gasteiger partial charge in [-0.15, -0.1) is 0 Å². The number of hydrogen-bond acceptors (Lipinski definition) is 4. The summed E-state index contributed by atoms with van der Waals surface area (Å²) in [6.45, 7) is 0.608. The van der Waals surface area contributed by atoms with Gasteiger partial charge in [0.05, 0.1) is 18.9 Å². The van der Waals surface area contributed by atoms with Crippen LogP contribution >= 0.6 is 0 Å². The fourth-order valence-electron chi connectivity index (χ4n) is 1.42. The topological polar surface area (TPSA) is 82.8 Å². The van der Waals surface area contributed by atoms with Crippen LogP contribution in [0, 0.1) is 0 Å². The molecule has 1 saturated heterocycles. The number of nitrogens with zero attached hydrogens (tertiary/aromatic N) is 1. The zero-order chi connectivity index (χ0) is 11.5. The third-order valence-electron chi connectivity index (χ3n) is 2.36. The number of rotatable bonds is 3. The van der Waals surface area contributed by atoms with Crippen LogP contribution in [0.5, 0.6) is 0 Å². The fraction of sp³-hybridized carbons (Fsp3) is 0.400. The molecule has 2 rings (SSSR count). The second kappa shape index (κ2) is 4.36. The Morgan fingerprint density at radius 2 is 2.31 bits per heavy atom. The lowest BCUT2D eigenvalue weighted by atomic mass is 10.2. The zero-order valence-corrected chi connectivity index (χ0v) is 8.55. The van der Waals surface area contributed by atoms with Crippen molar-refractivity contribution in [1.82, 2.24) is 10.2 Å². The molecule has 2 amide bonds. The number of amides is 2. The van der Waals surface area contributed by atoms with Crippen molar-refractivity contribution in [2.45, 2.75) is 6.10 Å². The van der Waals surface area contributed by atoms with Crippen molar-refractivity contribution in [3.05, 3.63) is 24.2 Å². The van der Waals surface area contributed by atoms with E-state index in [2.05, 4.69) is 5.32 Å². The summed E-state index contributed by atoms with van der Waals surface area (Å²) in [6.07, 6.45) is 0.965. The van der Waals surface area contributed by atoms with Crippen LogP contribution in [0.4, 0.5) is 0 Å². The molecule has 0 saturated carbocycles. The molecule has 86 valence electrons. The molecule has 0 radical (unpaired) electrons. The van der Waals surface area contributed by atoms with Gasteiger partial charge in [0.15, 0.2) is 5.76 Å². The van der Waals surface area contributed by atoms with Crippen molar-refractivity contribution < 1.29 is 19.1 Å². The summed E-state index contributed by atoms with van der Waals surface area (Å²) in [4.78, 5) is 24.3. The van der Waals surface area contributed by atoms with Gasteiger partial charge in [-0.1, -0.05) is 0 Å². The largest absolute Gasteiger partial charge is 0.459 e. The highest BCUT2D eigenvalue weighted by Gasteiger charge is 2.28. The molecule has 1 fully saturated rings. The Morgan fingerprint density at radius 1 is 1.56 bits per heavy atom. The molecule has 6 nitrogen and oxygen atoms in total. The molecule has 0 unspecified atom stereocenters. The molecule has 1 aromatic rings. The summed E-state index contributed by atoms with van der Waals surface area (Å²) >= 11 is 0. The Morgan fingerprint density at radius 3 is 2.88 bits per heavy atom. The SMILES string of the molecule is O=C(NCC(=O)N1CC(O)C1)c1ccco1. The van der Waals surface area contributed by atoms with E-state index in [1.165, 1.54) is 17.2 Å². The third-order valence-corrected chi connectivity index (χ3v) is 2.36. The van der Waals surface area contributed by atoms with Crippen LogP contribution in [0.2, 0.25) is 0 Å². The summed E-state index contributed by atoms with van der Waals surface area (Å²) < 4.78 is 4.87. The van der Waals surface area contributed by atoms with Crippen LogP contribution in [0.15, 0.2) is 22.8 Å². The maximum atomic E-state index is 11.4. The molecule has 0 atom stereocenters. The molecule has 0 spiro atoms. The molecule has 0 bridgehead atoms. The smallest absolute Gasteiger partial charge is 0.287 e. The highest BCUT2D eigenvalue weighted by Crippen LogP contribution is 2.06. The Bertz CT molecular complexity index is 382. The predicted molar refractivity (Wildman–Crippen MR) is 53.6 cm³/mol. The number of likely N-dealkylation sites (tertiary alicyclic amines) is 1. The Hall–Kier alpha value is -1.82. The first-order chi connectivity index (χ1) is 7.66. The summed E-state index contributed by atoms with van der Waals surface area (Å²) in [6, 6.07) is 3.12. The van der Waals surface area contributed by atoms with Gasteiger partial charge in [-0.05, 0) is 12.1 Å². The second-order valence-corrected chi connectivity index (χ2v) is 3.61. The van der Waals surface area contributed by atoms with Gasteiger partial charge < -0.3 is 19.7 Å². The van der Waals surface area contributed by atoms with Gasteiger partial charge >= 0.3 is 0 Å². The van der Waals surface area contributed by atoms with E-state index in [1.807, 2.05) is 0 Å². The average molecular weight is 224 g/mol. The van der Waals surface area contributed by atoms with Crippen molar-refractivity contribution >= 4 is 11.8 Å². The van der Waals surface area contributed by atoms with E-state index in [1.54, 1.807) is 6.07 Å². The summed E-state index contributed by atoms with van der Waals surface area (Å²) in [7, 11) is 0. The van der Waals surface area contributed by atoms with Crippen molar-refractivity contribution in [3.8, 4) is 0 Å².